The largest absolute Gasteiger partial charge is 0.271 e. The van der Waals surface area contributed by atoms with Gasteiger partial charge in [0.05, 0.1) is 6.04 Å². The highest BCUT2D eigenvalue weighted by Gasteiger charge is 2.11. The molecule has 0 aliphatic rings. The molecular weight excluding hydrogens is 314 g/mol. The molecule has 0 radical (unpaired) electrons. The standard InChI is InChI=1S/C13H13BrClN3/c14-10-3-6-12(17-8-10)7-13(18-16)9-1-4-11(15)5-2-9/h1-6,8,13,18H,7,16H2. The molecule has 0 bridgehead atoms. The molecule has 0 fully saturated rings. The van der Waals surface area contributed by atoms with Crippen LogP contribution in [0.3, 0.4) is 0 Å². The van der Waals surface area contributed by atoms with Crippen molar-refractivity contribution in [2.75, 3.05) is 0 Å². The number of halogens is 2. The van der Waals surface area contributed by atoms with Gasteiger partial charge in [0.25, 0.3) is 0 Å². The Morgan fingerprint density at radius 1 is 1.22 bits per heavy atom. The number of nitrogens with zero attached hydrogens (tertiary/aromatic N) is 1. The Balaban J connectivity index is 2.14. The van der Waals surface area contributed by atoms with Gasteiger partial charge in [-0.3, -0.25) is 16.3 Å². The van der Waals surface area contributed by atoms with Crippen LogP contribution in [-0.2, 0) is 6.42 Å². The van der Waals surface area contributed by atoms with E-state index >= 15 is 0 Å². The maximum Gasteiger partial charge on any atom is 0.0515 e. The van der Waals surface area contributed by atoms with Crippen LogP contribution in [0.25, 0.3) is 0 Å². The summed E-state index contributed by atoms with van der Waals surface area (Å²) in [5.41, 5.74) is 4.88. The lowest BCUT2D eigenvalue weighted by Crippen LogP contribution is -2.29. The zero-order valence-corrected chi connectivity index (χ0v) is 11.9. The van der Waals surface area contributed by atoms with Crippen molar-refractivity contribution in [3.63, 3.8) is 0 Å². The van der Waals surface area contributed by atoms with Crippen LogP contribution in [0.2, 0.25) is 5.02 Å². The number of hydrogen-bond acceptors (Lipinski definition) is 3. The van der Waals surface area contributed by atoms with Gasteiger partial charge < -0.3 is 0 Å². The minimum Gasteiger partial charge on any atom is -0.271 e. The lowest BCUT2D eigenvalue weighted by molar-refractivity contribution is 0.546. The zero-order valence-electron chi connectivity index (χ0n) is 9.61. The lowest BCUT2D eigenvalue weighted by Gasteiger charge is -2.16. The third kappa shape index (κ3) is 3.53. The predicted octanol–water partition coefficient (Wildman–Crippen LogP) is 3.24. The first kappa shape index (κ1) is 13.5. The van der Waals surface area contributed by atoms with Gasteiger partial charge in [-0.15, -0.1) is 0 Å². The fourth-order valence-corrected chi connectivity index (χ4v) is 2.06. The van der Waals surface area contributed by atoms with Gasteiger partial charge in [0.15, 0.2) is 0 Å². The molecule has 18 heavy (non-hydrogen) atoms. The zero-order chi connectivity index (χ0) is 13.0. The number of hydrogen-bond donors (Lipinski definition) is 2. The van der Waals surface area contributed by atoms with Gasteiger partial charge in [-0.1, -0.05) is 23.7 Å². The average molecular weight is 327 g/mol. The molecule has 0 saturated heterocycles. The van der Waals surface area contributed by atoms with Crippen molar-refractivity contribution < 1.29 is 0 Å². The van der Waals surface area contributed by atoms with Crippen LogP contribution in [0.5, 0.6) is 0 Å². The first-order chi connectivity index (χ1) is 8.69. The maximum absolute atomic E-state index is 5.87. The highest BCUT2D eigenvalue weighted by atomic mass is 79.9. The Morgan fingerprint density at radius 2 is 1.94 bits per heavy atom. The SMILES string of the molecule is NNC(Cc1ccc(Br)cn1)c1ccc(Cl)cc1. The van der Waals surface area contributed by atoms with Crippen molar-refractivity contribution in [2.24, 2.45) is 5.84 Å². The number of hydrazine groups is 1. The highest BCUT2D eigenvalue weighted by Crippen LogP contribution is 2.19. The van der Waals surface area contributed by atoms with Crippen LogP contribution in [0.15, 0.2) is 47.1 Å². The van der Waals surface area contributed by atoms with Gasteiger partial charge >= 0.3 is 0 Å². The fraction of sp³-hybridized carbons (Fsp3) is 0.154. The maximum atomic E-state index is 5.87. The van der Waals surface area contributed by atoms with Crippen LogP contribution in [-0.4, -0.2) is 4.98 Å². The molecule has 1 heterocycles. The van der Waals surface area contributed by atoms with E-state index in [0.717, 1.165) is 27.2 Å². The van der Waals surface area contributed by atoms with Gasteiger partial charge in [0.2, 0.25) is 0 Å². The molecule has 1 aromatic heterocycles. The van der Waals surface area contributed by atoms with E-state index in [4.69, 9.17) is 17.4 Å². The van der Waals surface area contributed by atoms with Crippen molar-refractivity contribution in [1.82, 2.24) is 10.4 Å². The van der Waals surface area contributed by atoms with Crippen LogP contribution >= 0.6 is 27.5 Å². The molecule has 0 aliphatic carbocycles. The Morgan fingerprint density at radius 3 is 2.50 bits per heavy atom. The Kier molecular flexibility index (Phi) is 4.72. The van der Waals surface area contributed by atoms with E-state index in [1.807, 2.05) is 36.4 Å². The van der Waals surface area contributed by atoms with Crippen LogP contribution in [0.1, 0.15) is 17.3 Å². The van der Waals surface area contributed by atoms with Crippen molar-refractivity contribution in [3.8, 4) is 0 Å². The minimum atomic E-state index is 0.0240. The molecular formula is C13H13BrClN3. The molecule has 3 nitrogen and oxygen atoms in total. The second-order valence-corrected chi connectivity index (χ2v) is 5.29. The summed E-state index contributed by atoms with van der Waals surface area (Å²) in [7, 11) is 0. The second-order valence-electron chi connectivity index (χ2n) is 3.94. The number of nitrogens with two attached hydrogens (primary N) is 1. The van der Waals surface area contributed by atoms with E-state index in [2.05, 4.69) is 26.3 Å². The van der Waals surface area contributed by atoms with Gasteiger partial charge in [0.1, 0.15) is 0 Å². The van der Waals surface area contributed by atoms with Gasteiger partial charge in [-0.25, -0.2) is 0 Å². The first-order valence-corrected chi connectivity index (χ1v) is 6.68. The van der Waals surface area contributed by atoms with E-state index in [-0.39, 0.29) is 6.04 Å². The minimum absolute atomic E-state index is 0.0240. The van der Waals surface area contributed by atoms with Gasteiger partial charge in [-0.05, 0) is 45.8 Å². The summed E-state index contributed by atoms with van der Waals surface area (Å²) in [5, 5.41) is 0.719. The number of nitrogens with one attached hydrogen (secondary N) is 1. The van der Waals surface area contributed by atoms with E-state index in [9.17, 15) is 0 Å². The first-order valence-electron chi connectivity index (χ1n) is 5.51. The molecule has 3 N–H and O–H groups in total. The summed E-state index contributed by atoms with van der Waals surface area (Å²) in [4.78, 5) is 4.34. The molecule has 2 rings (SSSR count). The quantitative estimate of drug-likeness (QED) is 0.670. The second kappa shape index (κ2) is 6.29. The van der Waals surface area contributed by atoms with Gasteiger partial charge in [-0.2, -0.15) is 0 Å². The van der Waals surface area contributed by atoms with Crippen LogP contribution in [0, 0.1) is 0 Å². The van der Waals surface area contributed by atoms with Gasteiger partial charge in [0, 0.05) is 27.8 Å². The Labute approximate surface area is 119 Å². The van der Waals surface area contributed by atoms with E-state index in [1.54, 1.807) is 6.20 Å². The summed E-state index contributed by atoms with van der Waals surface area (Å²) < 4.78 is 0.968. The van der Waals surface area contributed by atoms with Crippen LogP contribution in [0.4, 0.5) is 0 Å². The Bertz CT molecular complexity index is 499. The molecule has 0 saturated carbocycles. The fourth-order valence-electron chi connectivity index (χ4n) is 1.70. The van der Waals surface area contributed by atoms with Crippen molar-refractivity contribution in [1.29, 1.82) is 0 Å². The molecule has 1 aromatic carbocycles. The highest BCUT2D eigenvalue weighted by molar-refractivity contribution is 9.10. The number of pyridine rings is 1. The third-order valence-corrected chi connectivity index (χ3v) is 3.40. The molecule has 0 amide bonds. The molecule has 94 valence electrons. The third-order valence-electron chi connectivity index (χ3n) is 2.68. The summed E-state index contributed by atoms with van der Waals surface area (Å²) >= 11 is 9.23. The normalized spacial score (nSPS) is 12.4. The van der Waals surface area contributed by atoms with Crippen molar-refractivity contribution in [3.05, 3.63) is 63.3 Å². The predicted molar refractivity (Wildman–Crippen MR) is 77.2 cm³/mol. The summed E-state index contributed by atoms with van der Waals surface area (Å²) in [6.45, 7) is 0. The number of aromatic nitrogens is 1. The molecule has 1 unspecified atom stereocenters. The molecule has 0 aliphatic heterocycles. The molecule has 2 aromatic rings. The number of benzene rings is 1. The molecule has 5 heteroatoms. The lowest BCUT2D eigenvalue weighted by atomic mass is 10.0. The summed E-state index contributed by atoms with van der Waals surface area (Å²) in [5.74, 6) is 5.60. The smallest absolute Gasteiger partial charge is 0.0515 e. The summed E-state index contributed by atoms with van der Waals surface area (Å²) in [6.07, 6.45) is 2.51. The van der Waals surface area contributed by atoms with Crippen molar-refractivity contribution in [2.45, 2.75) is 12.5 Å². The summed E-state index contributed by atoms with van der Waals surface area (Å²) in [6, 6.07) is 11.6. The molecule has 1 atom stereocenters. The van der Waals surface area contributed by atoms with E-state index in [0.29, 0.717) is 0 Å². The average Bonchev–Trinajstić information content (AvgIpc) is 2.39. The Hall–Kier alpha value is -0.940. The topological polar surface area (TPSA) is 50.9 Å². The van der Waals surface area contributed by atoms with E-state index in [1.165, 1.54) is 0 Å². The monoisotopic (exact) mass is 325 g/mol. The molecule has 0 spiro atoms. The van der Waals surface area contributed by atoms with E-state index < -0.39 is 0 Å². The van der Waals surface area contributed by atoms with Crippen LogP contribution < -0.4 is 11.3 Å². The number of rotatable bonds is 4. The van der Waals surface area contributed by atoms with Crippen molar-refractivity contribution >= 4 is 27.5 Å².